The molecule has 1 aromatic carbocycles. The summed E-state index contributed by atoms with van der Waals surface area (Å²) < 4.78 is 0.934. The van der Waals surface area contributed by atoms with Crippen molar-refractivity contribution in [2.75, 3.05) is 11.1 Å². The average Bonchev–Trinajstić information content (AvgIpc) is 2.91. The van der Waals surface area contributed by atoms with Gasteiger partial charge in [0, 0.05) is 10.2 Å². The first kappa shape index (κ1) is 17.9. The summed E-state index contributed by atoms with van der Waals surface area (Å²) in [5.74, 6) is 0.234. The van der Waals surface area contributed by atoms with Gasteiger partial charge in [-0.15, -0.1) is 0 Å². The van der Waals surface area contributed by atoms with Gasteiger partial charge in [0.1, 0.15) is 0 Å². The highest BCUT2D eigenvalue weighted by Gasteiger charge is 2.12. The first-order valence-corrected chi connectivity index (χ1v) is 9.64. The van der Waals surface area contributed by atoms with E-state index in [1.807, 2.05) is 26.8 Å². The summed E-state index contributed by atoms with van der Waals surface area (Å²) in [6, 6.07) is 6.09. The zero-order valence-corrected chi connectivity index (χ0v) is 16.9. The smallest absolute Gasteiger partial charge is 0.234 e. The van der Waals surface area contributed by atoms with Crippen LogP contribution < -0.4 is 5.32 Å². The third kappa shape index (κ3) is 4.04. The quantitative estimate of drug-likeness (QED) is 0.603. The van der Waals surface area contributed by atoms with Crippen LogP contribution in [0.2, 0.25) is 0 Å². The molecular weight excluding hydrogens is 400 g/mol. The molecule has 25 heavy (non-hydrogen) atoms. The number of amides is 1. The highest BCUT2D eigenvalue weighted by molar-refractivity contribution is 9.10. The van der Waals surface area contributed by atoms with Crippen LogP contribution in [0.5, 0.6) is 0 Å². The Balaban J connectivity index is 1.68. The summed E-state index contributed by atoms with van der Waals surface area (Å²) in [5.41, 5.74) is 6.63. The topological polar surface area (TPSA) is 70.7 Å². The second-order valence-electron chi connectivity index (χ2n) is 6.08. The fourth-order valence-electron chi connectivity index (χ4n) is 2.74. The van der Waals surface area contributed by atoms with Crippen molar-refractivity contribution in [3.8, 4) is 0 Å². The SMILES string of the molecule is Cc1cc(C)c(NC(=O)CSc2nc3nc(C)c(Br)cc3[nH]2)c(C)c1. The van der Waals surface area contributed by atoms with E-state index in [2.05, 4.69) is 55.3 Å². The molecule has 0 aliphatic carbocycles. The Labute approximate surface area is 159 Å². The van der Waals surface area contributed by atoms with Crippen LogP contribution in [-0.4, -0.2) is 26.6 Å². The van der Waals surface area contributed by atoms with E-state index >= 15 is 0 Å². The molecule has 0 bridgehead atoms. The van der Waals surface area contributed by atoms with Crippen molar-refractivity contribution in [2.24, 2.45) is 0 Å². The number of benzene rings is 1. The molecule has 2 aromatic heterocycles. The van der Waals surface area contributed by atoms with Crippen LogP contribution in [0.15, 0.2) is 27.8 Å². The summed E-state index contributed by atoms with van der Waals surface area (Å²) in [4.78, 5) is 24.3. The maximum atomic E-state index is 12.3. The van der Waals surface area contributed by atoms with E-state index in [0.29, 0.717) is 10.8 Å². The molecule has 0 unspecified atom stereocenters. The van der Waals surface area contributed by atoms with E-state index in [4.69, 9.17) is 0 Å². The standard InChI is InChI=1S/C18H19BrN4OS/c1-9-5-10(2)16(11(3)6-9)22-15(24)8-25-18-21-14-7-13(19)12(4)20-17(14)23-18/h5-7H,8H2,1-4H3,(H,22,24)(H,20,21,23). The molecule has 0 spiro atoms. The van der Waals surface area contributed by atoms with Gasteiger partial charge in [0.25, 0.3) is 0 Å². The van der Waals surface area contributed by atoms with Crippen molar-refractivity contribution in [3.05, 3.63) is 45.1 Å². The molecule has 0 aliphatic rings. The molecule has 0 fully saturated rings. The monoisotopic (exact) mass is 418 g/mol. The van der Waals surface area contributed by atoms with Gasteiger partial charge in [0.2, 0.25) is 5.91 Å². The lowest BCUT2D eigenvalue weighted by molar-refractivity contribution is -0.113. The molecular formula is C18H19BrN4OS. The zero-order chi connectivity index (χ0) is 18.1. The van der Waals surface area contributed by atoms with Gasteiger partial charge in [0.15, 0.2) is 10.8 Å². The van der Waals surface area contributed by atoms with Gasteiger partial charge in [-0.1, -0.05) is 29.5 Å². The number of imidazole rings is 1. The second-order valence-corrected chi connectivity index (χ2v) is 7.90. The van der Waals surface area contributed by atoms with Crippen LogP contribution in [0.1, 0.15) is 22.4 Å². The highest BCUT2D eigenvalue weighted by Crippen LogP contribution is 2.25. The number of carbonyl (C=O) groups excluding carboxylic acids is 1. The van der Waals surface area contributed by atoms with Crippen molar-refractivity contribution >= 4 is 50.5 Å². The minimum Gasteiger partial charge on any atom is -0.331 e. The highest BCUT2D eigenvalue weighted by atomic mass is 79.9. The molecule has 0 aliphatic heterocycles. The van der Waals surface area contributed by atoms with E-state index in [1.54, 1.807) is 0 Å². The average molecular weight is 419 g/mol. The van der Waals surface area contributed by atoms with Crippen LogP contribution in [0, 0.1) is 27.7 Å². The molecule has 3 rings (SSSR count). The third-order valence-corrected chi connectivity index (χ3v) is 5.54. The Kier molecular flexibility index (Phi) is 5.15. The number of halogens is 1. The maximum Gasteiger partial charge on any atom is 0.234 e. The van der Waals surface area contributed by atoms with E-state index in [0.717, 1.165) is 32.5 Å². The lowest BCUT2D eigenvalue weighted by Crippen LogP contribution is -2.16. The Hall–Kier alpha value is -1.86. The largest absolute Gasteiger partial charge is 0.331 e. The zero-order valence-electron chi connectivity index (χ0n) is 14.5. The molecule has 0 saturated heterocycles. The Morgan fingerprint density at radius 1 is 1.16 bits per heavy atom. The van der Waals surface area contributed by atoms with Gasteiger partial charge >= 0.3 is 0 Å². The molecule has 1 amide bonds. The number of aryl methyl sites for hydroxylation is 4. The van der Waals surface area contributed by atoms with Gasteiger partial charge < -0.3 is 10.3 Å². The number of pyridine rings is 1. The van der Waals surface area contributed by atoms with Crippen molar-refractivity contribution in [3.63, 3.8) is 0 Å². The summed E-state index contributed by atoms with van der Waals surface area (Å²) in [6.07, 6.45) is 0. The number of aromatic amines is 1. The van der Waals surface area contributed by atoms with Crippen molar-refractivity contribution in [1.29, 1.82) is 0 Å². The lowest BCUT2D eigenvalue weighted by atomic mass is 10.1. The molecule has 0 atom stereocenters. The molecule has 2 heterocycles. The first-order chi connectivity index (χ1) is 11.8. The van der Waals surface area contributed by atoms with Gasteiger partial charge in [-0.05, 0) is 60.8 Å². The fraction of sp³-hybridized carbons (Fsp3) is 0.278. The molecule has 0 saturated carbocycles. The number of nitrogens with one attached hydrogen (secondary N) is 2. The van der Waals surface area contributed by atoms with Crippen LogP contribution in [0.25, 0.3) is 11.2 Å². The molecule has 130 valence electrons. The Morgan fingerprint density at radius 2 is 1.84 bits per heavy atom. The number of thioether (sulfide) groups is 1. The number of aromatic nitrogens is 3. The second kappa shape index (κ2) is 7.17. The predicted octanol–water partition coefficient (Wildman–Crippen LogP) is 4.68. The van der Waals surface area contributed by atoms with Crippen LogP contribution in [0.3, 0.4) is 0 Å². The van der Waals surface area contributed by atoms with Gasteiger partial charge in [-0.3, -0.25) is 4.79 Å². The first-order valence-electron chi connectivity index (χ1n) is 7.87. The number of hydrogen-bond acceptors (Lipinski definition) is 4. The minimum atomic E-state index is -0.0502. The number of fused-ring (bicyclic) bond motifs is 1. The number of nitrogens with zero attached hydrogens (tertiary/aromatic N) is 2. The van der Waals surface area contributed by atoms with Gasteiger partial charge in [0.05, 0.1) is 17.0 Å². The van der Waals surface area contributed by atoms with Crippen LogP contribution in [-0.2, 0) is 4.79 Å². The number of anilines is 1. The maximum absolute atomic E-state index is 12.3. The summed E-state index contributed by atoms with van der Waals surface area (Å²) in [5, 5.41) is 3.69. The molecule has 7 heteroatoms. The molecule has 5 nitrogen and oxygen atoms in total. The van der Waals surface area contributed by atoms with Gasteiger partial charge in [-0.2, -0.15) is 0 Å². The van der Waals surface area contributed by atoms with E-state index in [-0.39, 0.29) is 11.7 Å². The van der Waals surface area contributed by atoms with Crippen molar-refractivity contribution in [2.45, 2.75) is 32.9 Å². The van der Waals surface area contributed by atoms with Crippen molar-refractivity contribution < 1.29 is 4.79 Å². The third-order valence-electron chi connectivity index (χ3n) is 3.86. The number of rotatable bonds is 4. The number of carbonyl (C=O) groups is 1. The fourth-order valence-corrected chi connectivity index (χ4v) is 3.73. The summed E-state index contributed by atoms with van der Waals surface area (Å²) in [6.45, 7) is 7.99. The van der Waals surface area contributed by atoms with E-state index in [9.17, 15) is 4.79 Å². The predicted molar refractivity (Wildman–Crippen MR) is 106 cm³/mol. The molecule has 3 aromatic rings. The number of H-pyrrole nitrogens is 1. The Morgan fingerprint density at radius 3 is 2.52 bits per heavy atom. The van der Waals surface area contributed by atoms with E-state index in [1.165, 1.54) is 17.3 Å². The Bertz CT molecular complexity index is 905. The lowest BCUT2D eigenvalue weighted by Gasteiger charge is -2.12. The summed E-state index contributed by atoms with van der Waals surface area (Å²) in [7, 11) is 0. The van der Waals surface area contributed by atoms with Crippen LogP contribution >= 0.6 is 27.7 Å². The summed E-state index contributed by atoms with van der Waals surface area (Å²) >= 11 is 4.83. The minimum absolute atomic E-state index is 0.0502. The van der Waals surface area contributed by atoms with Gasteiger partial charge in [-0.25, -0.2) is 9.97 Å². The molecule has 2 N–H and O–H groups in total. The van der Waals surface area contributed by atoms with Crippen molar-refractivity contribution in [1.82, 2.24) is 15.0 Å². The number of hydrogen-bond donors (Lipinski definition) is 2. The van der Waals surface area contributed by atoms with Crippen LogP contribution in [0.4, 0.5) is 5.69 Å². The molecule has 0 radical (unpaired) electrons. The van der Waals surface area contributed by atoms with E-state index < -0.39 is 0 Å². The normalized spacial score (nSPS) is 11.1.